The van der Waals surface area contributed by atoms with Crippen LogP contribution in [0.3, 0.4) is 0 Å². The molecule has 3 N–H and O–H groups in total. The van der Waals surface area contributed by atoms with Crippen LogP contribution >= 0.6 is 0 Å². The van der Waals surface area contributed by atoms with Crippen LogP contribution in [0.2, 0.25) is 0 Å². The number of aromatic nitrogens is 3. The van der Waals surface area contributed by atoms with Gasteiger partial charge in [-0.3, -0.25) is 10.00 Å². The van der Waals surface area contributed by atoms with E-state index in [4.69, 9.17) is 0 Å². The van der Waals surface area contributed by atoms with E-state index in [0.717, 1.165) is 23.0 Å². The highest BCUT2D eigenvalue weighted by atomic mass is 16.3. The third-order valence-electron chi connectivity index (χ3n) is 4.27. The Hall–Kier alpha value is -2.93. The summed E-state index contributed by atoms with van der Waals surface area (Å²) in [6.45, 7) is 6.64. The van der Waals surface area contributed by atoms with E-state index < -0.39 is 0 Å². The molecule has 1 atom stereocenters. The molecular weight excluding hydrogens is 342 g/mol. The quantitative estimate of drug-likeness (QED) is 0.622. The van der Waals surface area contributed by atoms with Gasteiger partial charge in [-0.25, -0.2) is 9.78 Å². The summed E-state index contributed by atoms with van der Waals surface area (Å²) in [5.41, 5.74) is 2.31. The molecule has 7 heteroatoms. The van der Waals surface area contributed by atoms with Crippen LogP contribution in [0.1, 0.15) is 38.1 Å². The Kier molecular flexibility index (Phi) is 5.71. The first-order chi connectivity index (χ1) is 13.0. The summed E-state index contributed by atoms with van der Waals surface area (Å²) in [5, 5.41) is 20.6. The van der Waals surface area contributed by atoms with Gasteiger partial charge in [0.15, 0.2) is 0 Å². The van der Waals surface area contributed by atoms with Crippen LogP contribution in [-0.2, 0) is 13.2 Å². The molecule has 0 saturated heterocycles. The number of aliphatic hydroxyl groups is 1. The molecule has 7 nitrogen and oxygen atoms in total. The van der Waals surface area contributed by atoms with Crippen molar-refractivity contribution in [2.24, 2.45) is 5.92 Å². The average molecular weight is 367 g/mol. The number of hydrogen-bond acceptors (Lipinski definition) is 4. The molecule has 3 aromatic rings. The van der Waals surface area contributed by atoms with Crippen LogP contribution in [0.4, 0.5) is 10.6 Å². The fourth-order valence-electron chi connectivity index (χ4n) is 3.03. The minimum absolute atomic E-state index is 0.138. The third kappa shape index (κ3) is 4.43. The molecule has 0 spiro atoms. The van der Waals surface area contributed by atoms with Crippen molar-refractivity contribution in [2.75, 3.05) is 5.32 Å². The van der Waals surface area contributed by atoms with Gasteiger partial charge in [0, 0.05) is 11.9 Å². The van der Waals surface area contributed by atoms with Crippen molar-refractivity contribution in [3.05, 3.63) is 53.9 Å². The molecule has 0 saturated carbocycles. The Morgan fingerprint density at radius 3 is 2.63 bits per heavy atom. The normalized spacial score (nSPS) is 12.3. The largest absolute Gasteiger partial charge is 0.390 e. The number of fused-ring (bicyclic) bond motifs is 1. The predicted molar refractivity (Wildman–Crippen MR) is 105 cm³/mol. The minimum atomic E-state index is -0.350. The van der Waals surface area contributed by atoms with Gasteiger partial charge in [-0.05, 0) is 24.5 Å². The van der Waals surface area contributed by atoms with Crippen molar-refractivity contribution in [1.29, 1.82) is 0 Å². The Bertz CT molecular complexity index is 921. The molecule has 27 heavy (non-hydrogen) atoms. The Balaban J connectivity index is 1.78. The number of nitrogens with one attached hydrogen (secondary N) is 2. The first kappa shape index (κ1) is 18.8. The van der Waals surface area contributed by atoms with Gasteiger partial charge in [-0.2, -0.15) is 5.10 Å². The second-order valence-electron chi connectivity index (χ2n) is 7.00. The van der Waals surface area contributed by atoms with Gasteiger partial charge in [0.25, 0.3) is 0 Å². The van der Waals surface area contributed by atoms with Crippen LogP contribution in [-0.4, -0.2) is 25.9 Å². The molecule has 0 fully saturated rings. The molecule has 0 radical (unpaired) electrons. The van der Waals surface area contributed by atoms with Gasteiger partial charge in [0.05, 0.1) is 30.1 Å². The number of carbonyl (C=O) groups is 1. The molecule has 0 aliphatic heterocycles. The standard InChI is InChI=1S/C20H25N5O2/c1-13(2)11-25-19-16(10-21-25)9-18(23-17(19)12-26)24-20(27)22-14(3)15-7-5-4-6-8-15/h4-10,13-14,26H,11-12H2,1-3H3,(H2,22,23,24,27). The average Bonchev–Trinajstić information content (AvgIpc) is 3.03. The number of carbonyl (C=O) groups excluding carboxylic acids is 1. The van der Waals surface area contributed by atoms with Crippen molar-refractivity contribution in [2.45, 2.75) is 40.0 Å². The van der Waals surface area contributed by atoms with Crippen LogP contribution in [0.15, 0.2) is 42.6 Å². The predicted octanol–water partition coefficient (Wildman–Crippen LogP) is 3.46. The van der Waals surface area contributed by atoms with E-state index in [0.29, 0.717) is 17.4 Å². The van der Waals surface area contributed by atoms with Crippen molar-refractivity contribution in [3.8, 4) is 0 Å². The summed E-state index contributed by atoms with van der Waals surface area (Å²) >= 11 is 0. The zero-order valence-electron chi connectivity index (χ0n) is 15.8. The van der Waals surface area contributed by atoms with E-state index in [-0.39, 0.29) is 18.7 Å². The maximum Gasteiger partial charge on any atom is 0.320 e. The molecule has 2 heterocycles. The number of pyridine rings is 1. The Morgan fingerprint density at radius 1 is 1.22 bits per heavy atom. The number of anilines is 1. The highest BCUT2D eigenvalue weighted by Crippen LogP contribution is 2.22. The summed E-state index contributed by atoms with van der Waals surface area (Å²) in [6, 6.07) is 11.0. The maximum absolute atomic E-state index is 12.3. The number of rotatable bonds is 6. The van der Waals surface area contributed by atoms with E-state index >= 15 is 0 Å². The molecule has 1 aromatic carbocycles. The topological polar surface area (TPSA) is 92.1 Å². The molecule has 0 bridgehead atoms. The van der Waals surface area contributed by atoms with Crippen molar-refractivity contribution < 1.29 is 9.90 Å². The number of nitrogens with zero attached hydrogens (tertiary/aromatic N) is 3. The molecule has 3 rings (SSSR count). The lowest BCUT2D eigenvalue weighted by Gasteiger charge is -2.15. The molecule has 0 aliphatic rings. The monoisotopic (exact) mass is 367 g/mol. The van der Waals surface area contributed by atoms with Gasteiger partial charge < -0.3 is 10.4 Å². The molecular formula is C20H25N5O2. The number of amides is 2. The molecule has 1 unspecified atom stereocenters. The van der Waals surface area contributed by atoms with E-state index in [1.54, 1.807) is 12.3 Å². The first-order valence-electron chi connectivity index (χ1n) is 9.06. The van der Waals surface area contributed by atoms with E-state index in [9.17, 15) is 9.90 Å². The first-order valence-corrected chi connectivity index (χ1v) is 9.06. The van der Waals surface area contributed by atoms with Crippen LogP contribution in [0.25, 0.3) is 10.9 Å². The Labute approximate surface area is 158 Å². The zero-order valence-corrected chi connectivity index (χ0v) is 15.8. The Morgan fingerprint density at radius 2 is 1.96 bits per heavy atom. The highest BCUT2D eigenvalue weighted by Gasteiger charge is 2.15. The second kappa shape index (κ2) is 8.18. The van der Waals surface area contributed by atoms with E-state index in [2.05, 4.69) is 34.6 Å². The maximum atomic E-state index is 12.3. The fraction of sp³-hybridized carbons (Fsp3) is 0.350. The van der Waals surface area contributed by atoms with Crippen LogP contribution in [0.5, 0.6) is 0 Å². The zero-order chi connectivity index (χ0) is 19.4. The van der Waals surface area contributed by atoms with Crippen LogP contribution < -0.4 is 10.6 Å². The van der Waals surface area contributed by atoms with Crippen molar-refractivity contribution in [1.82, 2.24) is 20.1 Å². The second-order valence-corrected chi connectivity index (χ2v) is 7.00. The lowest BCUT2D eigenvalue weighted by molar-refractivity contribution is 0.249. The van der Waals surface area contributed by atoms with Gasteiger partial charge in [0.2, 0.25) is 0 Å². The SMILES string of the molecule is CC(C)Cn1ncc2cc(NC(=O)NC(C)c3ccccc3)nc(CO)c21. The van der Waals surface area contributed by atoms with Gasteiger partial charge in [-0.1, -0.05) is 44.2 Å². The highest BCUT2D eigenvalue weighted by molar-refractivity contribution is 5.92. The number of hydrogen-bond donors (Lipinski definition) is 3. The van der Waals surface area contributed by atoms with E-state index in [1.165, 1.54) is 0 Å². The minimum Gasteiger partial charge on any atom is -0.390 e. The fourth-order valence-corrected chi connectivity index (χ4v) is 3.03. The molecule has 0 aliphatic carbocycles. The summed E-state index contributed by atoms with van der Waals surface area (Å²) in [6.07, 6.45) is 1.73. The number of benzene rings is 1. The third-order valence-corrected chi connectivity index (χ3v) is 4.27. The molecule has 142 valence electrons. The van der Waals surface area contributed by atoms with Gasteiger partial charge in [0.1, 0.15) is 5.82 Å². The summed E-state index contributed by atoms with van der Waals surface area (Å²) in [5.74, 6) is 0.802. The molecule has 2 amide bonds. The summed E-state index contributed by atoms with van der Waals surface area (Å²) < 4.78 is 1.85. The smallest absolute Gasteiger partial charge is 0.320 e. The van der Waals surface area contributed by atoms with Gasteiger partial charge >= 0.3 is 6.03 Å². The lowest BCUT2D eigenvalue weighted by Crippen LogP contribution is -2.31. The van der Waals surface area contributed by atoms with Crippen LogP contribution in [0, 0.1) is 5.92 Å². The van der Waals surface area contributed by atoms with Gasteiger partial charge in [-0.15, -0.1) is 0 Å². The summed E-state index contributed by atoms with van der Waals surface area (Å²) in [7, 11) is 0. The summed E-state index contributed by atoms with van der Waals surface area (Å²) in [4.78, 5) is 16.7. The van der Waals surface area contributed by atoms with E-state index in [1.807, 2.05) is 41.9 Å². The lowest BCUT2D eigenvalue weighted by atomic mass is 10.1. The van der Waals surface area contributed by atoms with Crippen molar-refractivity contribution >= 4 is 22.8 Å². The molecule has 2 aromatic heterocycles. The number of aliphatic hydroxyl groups excluding tert-OH is 1. The van der Waals surface area contributed by atoms with Crippen molar-refractivity contribution in [3.63, 3.8) is 0 Å². The number of urea groups is 1.